The van der Waals surface area contributed by atoms with Gasteiger partial charge in [0.05, 0.1) is 16.3 Å². The molecule has 2 heterocycles. The molecule has 1 atom stereocenters. The van der Waals surface area contributed by atoms with Crippen LogP contribution in [0.15, 0.2) is 77.8 Å². The zero-order valence-corrected chi connectivity index (χ0v) is 21.9. The first-order valence-corrected chi connectivity index (χ1v) is 14.3. The molecule has 7 nitrogen and oxygen atoms in total. The Balaban J connectivity index is 1.14. The summed E-state index contributed by atoms with van der Waals surface area (Å²) >= 11 is 6.06. The summed E-state index contributed by atoms with van der Waals surface area (Å²) in [4.78, 5) is 17.5. The van der Waals surface area contributed by atoms with Gasteiger partial charge < -0.3 is 10.6 Å². The standard InChI is InChI=1S/C28H29ClN4O3S/c29-23-9-11-25-26(12-15-31-27(25)18-23)30-13-4-14-32-28(34)22-7-3-16-33(19-22)37(35,36)24-10-8-20-5-1-2-6-21(20)17-24/h1-2,5-6,8-12,15,17-18,22H,3-4,7,13-14,16,19H2,(H,30,31)(H,32,34)/t22-/m1/s1. The third-order valence-electron chi connectivity index (χ3n) is 6.79. The van der Waals surface area contributed by atoms with Crippen molar-refractivity contribution < 1.29 is 13.2 Å². The second-order valence-electron chi connectivity index (χ2n) is 9.30. The Morgan fingerprint density at radius 2 is 1.86 bits per heavy atom. The highest BCUT2D eigenvalue weighted by Crippen LogP contribution is 2.27. The molecule has 192 valence electrons. The molecule has 0 spiro atoms. The predicted octanol–water partition coefficient (Wildman–Crippen LogP) is 5.06. The Labute approximate surface area is 221 Å². The van der Waals surface area contributed by atoms with Crippen molar-refractivity contribution in [2.75, 3.05) is 31.5 Å². The van der Waals surface area contributed by atoms with Crippen molar-refractivity contribution in [3.63, 3.8) is 0 Å². The number of hydrogen-bond donors (Lipinski definition) is 2. The van der Waals surface area contributed by atoms with Gasteiger partial charge in [0.1, 0.15) is 0 Å². The largest absolute Gasteiger partial charge is 0.384 e. The minimum Gasteiger partial charge on any atom is -0.384 e. The summed E-state index contributed by atoms with van der Waals surface area (Å²) in [5, 5.41) is 9.90. The van der Waals surface area contributed by atoms with Gasteiger partial charge in [-0.25, -0.2) is 8.42 Å². The molecular weight excluding hydrogens is 508 g/mol. The number of halogens is 1. The van der Waals surface area contributed by atoms with Gasteiger partial charge in [-0.1, -0.05) is 41.9 Å². The van der Waals surface area contributed by atoms with Gasteiger partial charge in [0.15, 0.2) is 0 Å². The van der Waals surface area contributed by atoms with E-state index < -0.39 is 10.0 Å². The van der Waals surface area contributed by atoms with E-state index in [4.69, 9.17) is 11.6 Å². The van der Waals surface area contributed by atoms with Crippen LogP contribution >= 0.6 is 11.6 Å². The molecule has 1 saturated heterocycles. The SMILES string of the molecule is O=C(NCCCNc1ccnc2cc(Cl)ccc12)[C@@H]1CCCN(S(=O)(=O)c2ccc3ccccc3c2)C1. The van der Waals surface area contributed by atoms with Gasteiger partial charge in [-0.05, 0) is 66.4 Å². The van der Waals surface area contributed by atoms with Gasteiger partial charge in [0.2, 0.25) is 15.9 Å². The van der Waals surface area contributed by atoms with Crippen LogP contribution in [0.3, 0.4) is 0 Å². The van der Waals surface area contributed by atoms with Gasteiger partial charge >= 0.3 is 0 Å². The summed E-state index contributed by atoms with van der Waals surface area (Å²) in [6, 6.07) is 20.4. The molecule has 1 aliphatic heterocycles. The Bertz CT molecular complexity index is 1540. The van der Waals surface area contributed by atoms with E-state index in [-0.39, 0.29) is 23.3 Å². The number of amides is 1. The molecular formula is C28H29ClN4O3S. The monoisotopic (exact) mass is 536 g/mol. The van der Waals surface area contributed by atoms with Crippen molar-refractivity contribution in [2.45, 2.75) is 24.2 Å². The minimum absolute atomic E-state index is 0.0950. The number of carbonyl (C=O) groups is 1. The van der Waals surface area contributed by atoms with Gasteiger partial charge in [0, 0.05) is 48.5 Å². The van der Waals surface area contributed by atoms with Gasteiger partial charge in [0.25, 0.3) is 0 Å². The number of aromatic nitrogens is 1. The van der Waals surface area contributed by atoms with E-state index in [9.17, 15) is 13.2 Å². The van der Waals surface area contributed by atoms with Crippen LogP contribution in [0.1, 0.15) is 19.3 Å². The molecule has 0 unspecified atom stereocenters. The number of nitrogens with one attached hydrogen (secondary N) is 2. The van der Waals surface area contributed by atoms with Crippen LogP contribution in [0.2, 0.25) is 5.02 Å². The lowest BCUT2D eigenvalue weighted by Crippen LogP contribution is -2.45. The Kier molecular flexibility index (Phi) is 7.60. The van der Waals surface area contributed by atoms with Crippen molar-refractivity contribution >= 4 is 54.9 Å². The summed E-state index contributed by atoms with van der Waals surface area (Å²) < 4.78 is 28.1. The normalized spacial score (nSPS) is 16.6. The number of piperidine rings is 1. The highest BCUT2D eigenvalue weighted by atomic mass is 35.5. The maximum atomic E-state index is 13.3. The molecule has 5 rings (SSSR count). The summed E-state index contributed by atoms with van der Waals surface area (Å²) in [5.74, 6) is -0.451. The maximum Gasteiger partial charge on any atom is 0.243 e. The fourth-order valence-corrected chi connectivity index (χ4v) is 6.52. The number of rotatable bonds is 8. The number of nitrogens with zero attached hydrogens (tertiary/aromatic N) is 2. The fourth-order valence-electron chi connectivity index (χ4n) is 4.79. The molecule has 0 bridgehead atoms. The summed E-state index contributed by atoms with van der Waals surface area (Å²) in [6.45, 7) is 1.81. The number of sulfonamides is 1. The Morgan fingerprint density at radius 3 is 2.73 bits per heavy atom. The van der Waals surface area contributed by atoms with Gasteiger partial charge in [-0.15, -0.1) is 0 Å². The third kappa shape index (κ3) is 5.71. The van der Waals surface area contributed by atoms with Crippen molar-refractivity contribution in [3.8, 4) is 0 Å². The molecule has 0 radical (unpaired) electrons. The highest BCUT2D eigenvalue weighted by Gasteiger charge is 2.33. The molecule has 4 aromatic rings. The quantitative estimate of drug-likeness (QED) is 0.307. The number of pyridine rings is 1. The van der Waals surface area contributed by atoms with E-state index in [2.05, 4.69) is 15.6 Å². The highest BCUT2D eigenvalue weighted by molar-refractivity contribution is 7.89. The Morgan fingerprint density at radius 1 is 1.03 bits per heavy atom. The minimum atomic E-state index is -3.67. The molecule has 0 saturated carbocycles. The van der Waals surface area contributed by atoms with Crippen molar-refractivity contribution in [3.05, 3.63) is 77.9 Å². The van der Waals surface area contributed by atoms with Gasteiger partial charge in [-0.3, -0.25) is 9.78 Å². The number of fused-ring (bicyclic) bond motifs is 2. The second-order valence-corrected chi connectivity index (χ2v) is 11.7. The number of anilines is 1. The molecule has 37 heavy (non-hydrogen) atoms. The van der Waals surface area contributed by atoms with Crippen LogP contribution in [0.5, 0.6) is 0 Å². The molecule has 1 fully saturated rings. The molecule has 9 heteroatoms. The molecule has 1 aromatic heterocycles. The van der Waals surface area contributed by atoms with Crippen LogP contribution in [-0.4, -0.2) is 49.8 Å². The first-order chi connectivity index (χ1) is 17.9. The fraction of sp³-hybridized carbons (Fsp3) is 0.286. The van der Waals surface area contributed by atoms with E-state index in [0.717, 1.165) is 33.8 Å². The average Bonchev–Trinajstić information content (AvgIpc) is 2.92. The first-order valence-electron chi connectivity index (χ1n) is 12.5. The number of carbonyl (C=O) groups excluding carboxylic acids is 1. The van der Waals surface area contributed by atoms with Gasteiger partial charge in [-0.2, -0.15) is 4.31 Å². The maximum absolute atomic E-state index is 13.3. The van der Waals surface area contributed by atoms with E-state index in [1.54, 1.807) is 18.3 Å². The second kappa shape index (κ2) is 11.0. The lowest BCUT2D eigenvalue weighted by molar-refractivity contribution is -0.126. The summed E-state index contributed by atoms with van der Waals surface area (Å²) in [6.07, 6.45) is 3.81. The van der Waals surface area contributed by atoms with Crippen LogP contribution < -0.4 is 10.6 Å². The molecule has 3 aromatic carbocycles. The molecule has 2 N–H and O–H groups in total. The number of hydrogen-bond acceptors (Lipinski definition) is 5. The molecule has 0 aliphatic carbocycles. The van der Waals surface area contributed by atoms with Crippen LogP contribution in [0, 0.1) is 5.92 Å². The Hall–Kier alpha value is -3.20. The summed E-state index contributed by atoms with van der Waals surface area (Å²) in [7, 11) is -3.67. The third-order valence-corrected chi connectivity index (χ3v) is 8.88. The van der Waals surface area contributed by atoms with E-state index >= 15 is 0 Å². The lowest BCUT2D eigenvalue weighted by atomic mass is 9.99. The van der Waals surface area contributed by atoms with E-state index in [1.165, 1.54) is 4.31 Å². The van der Waals surface area contributed by atoms with Crippen molar-refractivity contribution in [1.29, 1.82) is 0 Å². The van der Waals surface area contributed by atoms with Crippen molar-refractivity contribution in [1.82, 2.24) is 14.6 Å². The van der Waals surface area contributed by atoms with Crippen LogP contribution in [0.25, 0.3) is 21.7 Å². The van der Waals surface area contributed by atoms with Crippen LogP contribution in [-0.2, 0) is 14.8 Å². The van der Waals surface area contributed by atoms with E-state index in [1.807, 2.05) is 54.6 Å². The van der Waals surface area contributed by atoms with Crippen LogP contribution in [0.4, 0.5) is 5.69 Å². The summed E-state index contributed by atoms with van der Waals surface area (Å²) in [5.41, 5.74) is 1.79. The lowest BCUT2D eigenvalue weighted by Gasteiger charge is -2.31. The average molecular weight is 537 g/mol. The van der Waals surface area contributed by atoms with E-state index in [0.29, 0.717) is 37.5 Å². The number of benzene rings is 3. The van der Waals surface area contributed by atoms with Crippen molar-refractivity contribution in [2.24, 2.45) is 5.92 Å². The predicted molar refractivity (Wildman–Crippen MR) is 148 cm³/mol. The molecule has 1 amide bonds. The smallest absolute Gasteiger partial charge is 0.243 e. The molecule has 1 aliphatic rings. The zero-order chi connectivity index (χ0) is 25.8. The first kappa shape index (κ1) is 25.4. The topological polar surface area (TPSA) is 91.4 Å². The zero-order valence-electron chi connectivity index (χ0n) is 20.4.